The van der Waals surface area contributed by atoms with Crippen LogP contribution >= 0.6 is 27.3 Å². The molecule has 0 aliphatic rings. The first-order valence-electron chi connectivity index (χ1n) is 5.96. The number of carbonyl (C=O) groups excluding carboxylic acids is 1. The van der Waals surface area contributed by atoms with Crippen LogP contribution in [0.3, 0.4) is 0 Å². The second-order valence-electron chi connectivity index (χ2n) is 4.45. The van der Waals surface area contributed by atoms with E-state index in [1.54, 1.807) is 0 Å². The zero-order chi connectivity index (χ0) is 17.4. The number of hydrogen-bond donors (Lipinski definition) is 2. The summed E-state index contributed by atoms with van der Waals surface area (Å²) in [5.41, 5.74) is 0.451. The average Bonchev–Trinajstić information content (AvgIpc) is 2.81. The van der Waals surface area contributed by atoms with Crippen molar-refractivity contribution >= 4 is 58.7 Å². The van der Waals surface area contributed by atoms with Crippen molar-refractivity contribution in [2.24, 2.45) is 5.14 Å². The van der Waals surface area contributed by atoms with Gasteiger partial charge < -0.3 is 5.32 Å². The lowest BCUT2D eigenvalue weighted by atomic mass is 10.3. The fraction of sp³-hybridized carbons (Fsp3) is 0.0833. The molecule has 0 fully saturated rings. The highest BCUT2D eigenvalue weighted by Crippen LogP contribution is 2.37. The van der Waals surface area contributed by atoms with Crippen LogP contribution in [0.15, 0.2) is 48.1 Å². The molecule has 124 valence electrons. The number of primary sulfonamides is 1. The summed E-state index contributed by atoms with van der Waals surface area (Å²) in [6.07, 6.45) is 0. The molecule has 0 saturated carbocycles. The molecule has 1 amide bonds. The van der Waals surface area contributed by atoms with Gasteiger partial charge >= 0.3 is 0 Å². The minimum atomic E-state index is -3.99. The SMILES string of the molecule is CC(=O)Nc1ccc(S(=O)(=O)c2sc(S(N)(=O)=O)cc2Br)cc1. The number of sulfonamides is 1. The third kappa shape index (κ3) is 3.98. The standard InChI is InChI=1S/C12H11BrN2O5S3/c1-7(16)15-8-2-4-9(5-3-8)22(17,18)12-10(13)6-11(21-12)23(14,19)20/h2-6H,1H3,(H,15,16)(H2,14,19,20). The second kappa shape index (κ2) is 6.32. The molecular weight excluding hydrogens is 428 g/mol. The molecule has 0 bridgehead atoms. The molecule has 0 saturated heterocycles. The molecule has 2 rings (SSSR count). The monoisotopic (exact) mass is 438 g/mol. The Balaban J connectivity index is 2.47. The van der Waals surface area contributed by atoms with E-state index in [-0.39, 0.29) is 23.7 Å². The van der Waals surface area contributed by atoms with Crippen LogP contribution in [-0.2, 0) is 24.7 Å². The summed E-state index contributed by atoms with van der Waals surface area (Å²) in [5, 5.41) is 7.54. The van der Waals surface area contributed by atoms with Crippen LogP contribution < -0.4 is 10.5 Å². The summed E-state index contributed by atoms with van der Waals surface area (Å²) in [6, 6.07) is 6.68. The van der Waals surface area contributed by atoms with Gasteiger partial charge in [-0.05, 0) is 46.3 Å². The van der Waals surface area contributed by atoms with Crippen LogP contribution in [0, 0.1) is 0 Å². The smallest absolute Gasteiger partial charge is 0.247 e. The topological polar surface area (TPSA) is 123 Å². The number of hydrogen-bond acceptors (Lipinski definition) is 6. The highest BCUT2D eigenvalue weighted by atomic mass is 79.9. The number of sulfone groups is 1. The molecule has 0 aliphatic heterocycles. The number of amides is 1. The lowest BCUT2D eigenvalue weighted by molar-refractivity contribution is -0.114. The van der Waals surface area contributed by atoms with E-state index >= 15 is 0 Å². The van der Waals surface area contributed by atoms with E-state index in [1.165, 1.54) is 31.2 Å². The number of anilines is 1. The Morgan fingerprint density at radius 2 is 1.74 bits per heavy atom. The number of benzene rings is 1. The second-order valence-corrected chi connectivity index (χ2v) is 10.3. The molecule has 1 aromatic heterocycles. The van der Waals surface area contributed by atoms with Gasteiger partial charge in [-0.3, -0.25) is 4.79 Å². The first-order valence-corrected chi connectivity index (χ1v) is 10.6. The molecule has 1 aromatic carbocycles. The first kappa shape index (κ1) is 18.1. The van der Waals surface area contributed by atoms with Gasteiger partial charge in [-0.15, -0.1) is 11.3 Å². The van der Waals surface area contributed by atoms with Gasteiger partial charge in [0, 0.05) is 17.1 Å². The first-order chi connectivity index (χ1) is 10.5. The van der Waals surface area contributed by atoms with Crippen molar-refractivity contribution < 1.29 is 21.6 Å². The minimum Gasteiger partial charge on any atom is -0.326 e. The zero-order valence-electron chi connectivity index (χ0n) is 11.6. The van der Waals surface area contributed by atoms with Gasteiger partial charge in [0.2, 0.25) is 25.8 Å². The van der Waals surface area contributed by atoms with Crippen LogP contribution in [0.2, 0.25) is 0 Å². The Kier molecular flexibility index (Phi) is 4.97. The fourth-order valence-electron chi connectivity index (χ4n) is 1.68. The van der Waals surface area contributed by atoms with Gasteiger partial charge in [-0.25, -0.2) is 22.0 Å². The largest absolute Gasteiger partial charge is 0.326 e. The number of halogens is 1. The Bertz CT molecular complexity index is 963. The molecule has 0 radical (unpaired) electrons. The van der Waals surface area contributed by atoms with Crippen LogP contribution in [0.1, 0.15) is 6.92 Å². The molecule has 0 atom stereocenters. The van der Waals surface area contributed by atoms with Gasteiger partial charge in [-0.1, -0.05) is 0 Å². The number of rotatable bonds is 4. The predicted octanol–water partition coefficient (Wildman–Crippen LogP) is 1.95. The predicted molar refractivity (Wildman–Crippen MR) is 89.6 cm³/mol. The molecule has 0 unspecified atom stereocenters. The van der Waals surface area contributed by atoms with E-state index < -0.39 is 19.9 Å². The van der Waals surface area contributed by atoms with E-state index in [1.807, 2.05) is 0 Å². The number of thiophene rings is 1. The molecule has 7 nitrogen and oxygen atoms in total. The van der Waals surface area contributed by atoms with E-state index in [4.69, 9.17) is 5.14 Å². The van der Waals surface area contributed by atoms with Crippen molar-refractivity contribution in [2.75, 3.05) is 5.32 Å². The maximum Gasteiger partial charge on any atom is 0.247 e. The summed E-state index contributed by atoms with van der Waals surface area (Å²) >= 11 is 3.61. The van der Waals surface area contributed by atoms with Gasteiger partial charge in [0.25, 0.3) is 0 Å². The summed E-state index contributed by atoms with van der Waals surface area (Å²) in [7, 11) is -7.91. The van der Waals surface area contributed by atoms with Crippen LogP contribution in [-0.4, -0.2) is 22.7 Å². The van der Waals surface area contributed by atoms with Gasteiger partial charge in [-0.2, -0.15) is 0 Å². The van der Waals surface area contributed by atoms with E-state index in [9.17, 15) is 21.6 Å². The Morgan fingerprint density at radius 1 is 1.17 bits per heavy atom. The minimum absolute atomic E-state index is 0.0323. The molecule has 3 N–H and O–H groups in total. The maximum absolute atomic E-state index is 12.6. The third-order valence-electron chi connectivity index (χ3n) is 2.64. The van der Waals surface area contributed by atoms with Gasteiger partial charge in [0.1, 0.15) is 8.42 Å². The molecule has 0 spiro atoms. The number of carbonyl (C=O) groups is 1. The van der Waals surface area contributed by atoms with E-state index in [0.29, 0.717) is 17.0 Å². The summed E-state index contributed by atoms with van der Waals surface area (Å²) in [6.45, 7) is 1.34. The lowest BCUT2D eigenvalue weighted by Gasteiger charge is -2.05. The molecular formula is C12H11BrN2O5S3. The van der Waals surface area contributed by atoms with Crippen LogP contribution in [0.5, 0.6) is 0 Å². The molecule has 2 aromatic rings. The maximum atomic E-state index is 12.6. The Morgan fingerprint density at radius 3 is 2.17 bits per heavy atom. The quantitative estimate of drug-likeness (QED) is 0.754. The van der Waals surface area contributed by atoms with Crippen molar-refractivity contribution in [3.05, 3.63) is 34.8 Å². The van der Waals surface area contributed by atoms with Crippen molar-refractivity contribution in [3.63, 3.8) is 0 Å². The van der Waals surface area contributed by atoms with Crippen molar-refractivity contribution in [1.82, 2.24) is 0 Å². The fourth-order valence-corrected chi connectivity index (χ4v) is 6.79. The molecule has 23 heavy (non-hydrogen) atoms. The van der Waals surface area contributed by atoms with Crippen molar-refractivity contribution in [2.45, 2.75) is 20.2 Å². The van der Waals surface area contributed by atoms with E-state index in [0.717, 1.165) is 6.07 Å². The highest BCUT2D eigenvalue weighted by molar-refractivity contribution is 9.10. The van der Waals surface area contributed by atoms with Gasteiger partial charge in [0.15, 0.2) is 0 Å². The summed E-state index contributed by atoms with van der Waals surface area (Å²) in [5.74, 6) is -0.278. The van der Waals surface area contributed by atoms with Crippen LogP contribution in [0.4, 0.5) is 5.69 Å². The lowest BCUT2D eigenvalue weighted by Crippen LogP contribution is -2.10. The average molecular weight is 439 g/mol. The Hall–Kier alpha value is -1.27. The number of nitrogens with two attached hydrogens (primary N) is 1. The van der Waals surface area contributed by atoms with Crippen molar-refractivity contribution in [3.8, 4) is 0 Å². The molecule has 1 heterocycles. The third-order valence-corrected chi connectivity index (χ3v) is 8.65. The normalized spacial score (nSPS) is 12.1. The highest BCUT2D eigenvalue weighted by Gasteiger charge is 2.26. The zero-order valence-corrected chi connectivity index (χ0v) is 15.6. The molecule has 0 aliphatic carbocycles. The number of nitrogens with one attached hydrogen (secondary N) is 1. The Labute approximate surface area is 145 Å². The molecule has 11 heteroatoms. The summed E-state index contributed by atoms with van der Waals surface area (Å²) < 4.78 is 47.6. The van der Waals surface area contributed by atoms with Crippen LogP contribution in [0.25, 0.3) is 0 Å². The van der Waals surface area contributed by atoms with E-state index in [2.05, 4.69) is 21.2 Å². The van der Waals surface area contributed by atoms with Crippen molar-refractivity contribution in [1.29, 1.82) is 0 Å². The summed E-state index contributed by atoms with van der Waals surface area (Å²) in [4.78, 5) is 10.9. The van der Waals surface area contributed by atoms with Gasteiger partial charge in [0.05, 0.1) is 4.90 Å².